The van der Waals surface area contributed by atoms with Crippen molar-refractivity contribution in [1.82, 2.24) is 9.97 Å². The summed E-state index contributed by atoms with van der Waals surface area (Å²) in [7, 11) is 0. The van der Waals surface area contributed by atoms with Gasteiger partial charge in [0.2, 0.25) is 0 Å². The van der Waals surface area contributed by atoms with Gasteiger partial charge in [-0.15, -0.1) is 11.3 Å². The number of benzene rings is 1. The zero-order chi connectivity index (χ0) is 11.5. The third-order valence-corrected chi connectivity index (χ3v) is 3.30. The van der Waals surface area contributed by atoms with Crippen LogP contribution in [0.2, 0.25) is 0 Å². The molecule has 17 heavy (non-hydrogen) atoms. The van der Waals surface area contributed by atoms with Crippen molar-refractivity contribution >= 4 is 33.7 Å². The Hall–Kier alpha value is -2.00. The molecule has 82 valence electrons. The molecule has 0 radical (unpaired) electrons. The highest BCUT2D eigenvalue weighted by Gasteiger charge is 1.96. The molecular formula is C14H10N2S. The van der Waals surface area contributed by atoms with E-state index in [0.29, 0.717) is 0 Å². The number of hydrogen-bond donors (Lipinski definition) is 0. The predicted molar refractivity (Wildman–Crippen MR) is 72.8 cm³/mol. The van der Waals surface area contributed by atoms with Gasteiger partial charge in [-0.05, 0) is 35.9 Å². The number of rotatable bonds is 2. The highest BCUT2D eigenvalue weighted by molar-refractivity contribution is 7.16. The molecule has 0 atom stereocenters. The first-order chi connectivity index (χ1) is 8.42. The summed E-state index contributed by atoms with van der Waals surface area (Å²) in [4.78, 5) is 8.55. The molecule has 3 aromatic rings. The minimum absolute atomic E-state index is 0.964. The van der Waals surface area contributed by atoms with Crippen LogP contribution in [-0.2, 0) is 0 Å². The number of thiazole rings is 1. The van der Waals surface area contributed by atoms with Gasteiger partial charge in [-0.25, -0.2) is 4.98 Å². The number of fused-ring (bicyclic) bond motifs is 1. The molecule has 0 unspecified atom stereocenters. The second-order valence-electron chi connectivity index (χ2n) is 3.67. The van der Waals surface area contributed by atoms with Gasteiger partial charge in [0.05, 0.1) is 21.4 Å². The summed E-state index contributed by atoms with van der Waals surface area (Å²) in [6, 6.07) is 12.2. The Balaban J connectivity index is 1.92. The molecule has 3 rings (SSSR count). The Kier molecular flexibility index (Phi) is 2.68. The molecule has 1 aromatic carbocycles. The van der Waals surface area contributed by atoms with Crippen LogP contribution in [0.4, 0.5) is 0 Å². The lowest BCUT2D eigenvalue weighted by atomic mass is 10.2. The van der Waals surface area contributed by atoms with E-state index in [4.69, 9.17) is 0 Å². The van der Waals surface area contributed by atoms with E-state index < -0.39 is 0 Å². The molecule has 0 amide bonds. The maximum atomic E-state index is 4.30. The first kappa shape index (κ1) is 10.2. The lowest BCUT2D eigenvalue weighted by molar-refractivity contribution is 1.30. The van der Waals surface area contributed by atoms with E-state index >= 15 is 0 Å². The molecule has 2 heterocycles. The minimum atomic E-state index is 0.964. The average Bonchev–Trinajstić information content (AvgIpc) is 2.85. The van der Waals surface area contributed by atoms with E-state index in [9.17, 15) is 0 Å². The van der Waals surface area contributed by atoms with Gasteiger partial charge in [0.15, 0.2) is 0 Å². The minimum Gasteiger partial charge on any atom is -0.257 e. The van der Waals surface area contributed by atoms with E-state index in [1.54, 1.807) is 17.5 Å². The number of aromatic nitrogens is 2. The molecule has 3 heteroatoms. The molecule has 0 bridgehead atoms. The summed E-state index contributed by atoms with van der Waals surface area (Å²) in [5.74, 6) is 0. The molecule has 2 aromatic heterocycles. The highest BCUT2D eigenvalue weighted by atomic mass is 32.1. The summed E-state index contributed by atoms with van der Waals surface area (Å²) in [5, 5.41) is 0. The Morgan fingerprint density at radius 3 is 2.88 bits per heavy atom. The average molecular weight is 238 g/mol. The first-order valence-corrected chi connectivity index (χ1v) is 6.22. The fraction of sp³-hybridized carbons (Fsp3) is 0. The van der Waals surface area contributed by atoms with E-state index in [-0.39, 0.29) is 0 Å². The van der Waals surface area contributed by atoms with Crippen LogP contribution in [-0.4, -0.2) is 9.97 Å². The van der Waals surface area contributed by atoms with Crippen molar-refractivity contribution in [1.29, 1.82) is 0 Å². The van der Waals surface area contributed by atoms with Crippen molar-refractivity contribution in [2.75, 3.05) is 0 Å². The van der Waals surface area contributed by atoms with Crippen molar-refractivity contribution in [3.05, 3.63) is 59.4 Å². The summed E-state index contributed by atoms with van der Waals surface area (Å²) in [6.45, 7) is 0. The Labute approximate surface area is 103 Å². The molecule has 0 spiro atoms. The molecule has 0 aliphatic heterocycles. The van der Waals surface area contributed by atoms with Crippen molar-refractivity contribution < 1.29 is 0 Å². The summed E-state index contributed by atoms with van der Waals surface area (Å²) in [6.07, 6.45) is 5.86. The zero-order valence-electron chi connectivity index (χ0n) is 9.08. The van der Waals surface area contributed by atoms with E-state index in [1.807, 2.05) is 29.8 Å². The Bertz CT molecular complexity index is 656. The fourth-order valence-electron chi connectivity index (χ4n) is 1.63. The van der Waals surface area contributed by atoms with Gasteiger partial charge in [0.25, 0.3) is 0 Å². The van der Waals surface area contributed by atoms with Crippen LogP contribution in [0.5, 0.6) is 0 Å². The molecule has 0 fully saturated rings. The third kappa shape index (κ3) is 2.24. The van der Waals surface area contributed by atoms with Crippen LogP contribution >= 0.6 is 11.3 Å². The monoisotopic (exact) mass is 238 g/mol. The summed E-state index contributed by atoms with van der Waals surface area (Å²) < 4.78 is 1.22. The third-order valence-electron chi connectivity index (χ3n) is 2.49. The van der Waals surface area contributed by atoms with Crippen LogP contribution in [0.15, 0.2) is 48.1 Å². The molecule has 0 N–H and O–H groups in total. The first-order valence-electron chi connectivity index (χ1n) is 5.34. The number of pyridine rings is 1. The summed E-state index contributed by atoms with van der Waals surface area (Å²) >= 11 is 1.66. The molecule has 0 aliphatic carbocycles. The van der Waals surface area contributed by atoms with Crippen LogP contribution < -0.4 is 0 Å². The van der Waals surface area contributed by atoms with Gasteiger partial charge in [0.1, 0.15) is 0 Å². The Morgan fingerprint density at radius 2 is 2.00 bits per heavy atom. The highest BCUT2D eigenvalue weighted by Crippen LogP contribution is 2.19. The van der Waals surface area contributed by atoms with Crippen molar-refractivity contribution in [2.45, 2.75) is 0 Å². The second-order valence-corrected chi connectivity index (χ2v) is 4.55. The number of nitrogens with zero attached hydrogens (tertiary/aromatic N) is 2. The van der Waals surface area contributed by atoms with Crippen LogP contribution in [0.1, 0.15) is 11.3 Å². The van der Waals surface area contributed by atoms with Gasteiger partial charge < -0.3 is 0 Å². The largest absolute Gasteiger partial charge is 0.257 e. The van der Waals surface area contributed by atoms with Crippen LogP contribution in [0.25, 0.3) is 22.4 Å². The molecular weight excluding hydrogens is 228 g/mol. The SMILES string of the molecule is C(=C\c1ccccn1)/c1ccc2scnc2c1. The lowest BCUT2D eigenvalue weighted by Gasteiger charge is -1.94. The molecule has 0 aliphatic rings. The normalized spacial score (nSPS) is 11.3. The van der Waals surface area contributed by atoms with Gasteiger partial charge >= 0.3 is 0 Å². The summed E-state index contributed by atoms with van der Waals surface area (Å²) in [5.41, 5.74) is 5.04. The van der Waals surface area contributed by atoms with E-state index in [1.165, 1.54) is 4.70 Å². The van der Waals surface area contributed by atoms with Crippen molar-refractivity contribution in [2.24, 2.45) is 0 Å². The van der Waals surface area contributed by atoms with Gasteiger partial charge in [-0.1, -0.05) is 18.2 Å². The molecule has 2 nitrogen and oxygen atoms in total. The quantitative estimate of drug-likeness (QED) is 0.677. The number of hydrogen-bond acceptors (Lipinski definition) is 3. The van der Waals surface area contributed by atoms with Gasteiger partial charge in [0, 0.05) is 6.20 Å². The van der Waals surface area contributed by atoms with E-state index in [0.717, 1.165) is 16.8 Å². The maximum Gasteiger partial charge on any atom is 0.0817 e. The van der Waals surface area contributed by atoms with Crippen LogP contribution in [0.3, 0.4) is 0 Å². The second kappa shape index (κ2) is 4.47. The van der Waals surface area contributed by atoms with Gasteiger partial charge in [-0.3, -0.25) is 4.98 Å². The lowest BCUT2D eigenvalue weighted by Crippen LogP contribution is -1.77. The van der Waals surface area contributed by atoms with E-state index in [2.05, 4.69) is 34.2 Å². The fourth-order valence-corrected chi connectivity index (χ4v) is 2.29. The Morgan fingerprint density at radius 1 is 1.00 bits per heavy atom. The molecule has 0 saturated heterocycles. The smallest absolute Gasteiger partial charge is 0.0817 e. The zero-order valence-corrected chi connectivity index (χ0v) is 9.89. The predicted octanol–water partition coefficient (Wildman–Crippen LogP) is 3.86. The topological polar surface area (TPSA) is 25.8 Å². The van der Waals surface area contributed by atoms with Crippen molar-refractivity contribution in [3.63, 3.8) is 0 Å². The van der Waals surface area contributed by atoms with Gasteiger partial charge in [-0.2, -0.15) is 0 Å². The van der Waals surface area contributed by atoms with Crippen LogP contribution in [0, 0.1) is 0 Å². The molecule has 0 saturated carbocycles. The maximum absolute atomic E-state index is 4.30. The standard InChI is InChI=1S/C14H10N2S/c1-2-8-15-12(3-1)6-4-11-5-7-14-13(9-11)16-10-17-14/h1-10H/b6-4+. The van der Waals surface area contributed by atoms with Crippen molar-refractivity contribution in [3.8, 4) is 0 Å².